The monoisotopic (exact) mass is 388 g/mol. The van der Waals surface area contributed by atoms with Crippen molar-refractivity contribution < 1.29 is 23.4 Å². The molecule has 2 aromatic rings. The van der Waals surface area contributed by atoms with Crippen molar-refractivity contribution in [2.75, 3.05) is 18.5 Å². The van der Waals surface area contributed by atoms with Gasteiger partial charge < -0.3 is 15.6 Å². The van der Waals surface area contributed by atoms with Gasteiger partial charge >= 0.3 is 6.09 Å². The Morgan fingerprint density at radius 1 is 1.50 bits per heavy atom. The third-order valence-corrected chi connectivity index (χ3v) is 3.66. The van der Waals surface area contributed by atoms with Crippen molar-refractivity contribution >= 4 is 23.4 Å². The molecule has 0 saturated heterocycles. The van der Waals surface area contributed by atoms with Gasteiger partial charge in [-0.1, -0.05) is 11.6 Å². The number of anilines is 1. The minimum Gasteiger partial charge on any atom is -0.492 e. The lowest BCUT2D eigenvalue weighted by atomic mass is 10.1. The highest BCUT2D eigenvalue weighted by molar-refractivity contribution is 6.33. The molecule has 1 aromatic heterocycles. The normalized spacial score (nSPS) is 14.2. The largest absolute Gasteiger partial charge is 0.492 e. The number of benzene rings is 1. The van der Waals surface area contributed by atoms with Gasteiger partial charge in [0.1, 0.15) is 12.4 Å². The minimum absolute atomic E-state index is 0.118. The van der Waals surface area contributed by atoms with Crippen LogP contribution in [0.4, 0.5) is 19.3 Å². The van der Waals surface area contributed by atoms with E-state index in [2.05, 4.69) is 10.4 Å². The first kappa shape index (κ1) is 19.9. The maximum absolute atomic E-state index is 11.1. The smallest absolute Gasteiger partial charge is 0.409 e. The molecule has 1 saturated carbocycles. The van der Waals surface area contributed by atoms with Crippen molar-refractivity contribution in [2.45, 2.75) is 18.8 Å². The van der Waals surface area contributed by atoms with Crippen LogP contribution in [0.25, 0.3) is 11.3 Å². The molecule has 0 spiro atoms. The molecular weight excluding hydrogens is 370 g/mol. The molecule has 0 atom stereocenters. The van der Waals surface area contributed by atoms with E-state index in [0.29, 0.717) is 40.9 Å². The van der Waals surface area contributed by atoms with Crippen LogP contribution in [-0.4, -0.2) is 40.1 Å². The lowest BCUT2D eigenvalue weighted by molar-refractivity contribution is 0.120. The van der Waals surface area contributed by atoms with Gasteiger partial charge in [-0.3, -0.25) is 10.00 Å². The quantitative estimate of drug-likeness (QED) is 0.726. The number of nitrogens with two attached hydrogens (primary N) is 1. The summed E-state index contributed by atoms with van der Waals surface area (Å²) in [4.78, 5) is 10.8. The van der Waals surface area contributed by atoms with Crippen LogP contribution in [-0.2, 0) is 7.05 Å². The Hall–Kier alpha value is -2.39. The molecule has 3 rings (SSSR count). The molecule has 142 valence electrons. The van der Waals surface area contributed by atoms with Gasteiger partial charge in [0.05, 0.1) is 16.9 Å². The Kier molecular flexibility index (Phi) is 6.38. The number of aryl methyl sites for hydroxylation is 1. The van der Waals surface area contributed by atoms with E-state index >= 15 is 0 Å². The number of rotatable bonds is 5. The number of hydrogen-bond donors (Lipinski definition) is 3. The van der Waals surface area contributed by atoms with Crippen LogP contribution in [0.5, 0.6) is 5.75 Å². The van der Waals surface area contributed by atoms with Crippen LogP contribution in [0, 0.1) is 0 Å². The molecule has 0 aliphatic heterocycles. The third-order valence-electron chi connectivity index (χ3n) is 3.38. The number of nitrogens with zero attached hydrogens (tertiary/aromatic N) is 2. The van der Waals surface area contributed by atoms with E-state index in [1.807, 2.05) is 0 Å². The number of aromatic nitrogens is 2. The number of nitrogens with one attached hydrogen (secondary N) is 1. The van der Waals surface area contributed by atoms with Gasteiger partial charge in [-0.05, 0) is 18.2 Å². The number of carbonyl (C=O) groups is 1. The number of ether oxygens (including phenoxy) is 1. The molecule has 7 nitrogen and oxygen atoms in total. The fourth-order valence-corrected chi connectivity index (χ4v) is 2.29. The molecule has 10 heteroatoms. The van der Waals surface area contributed by atoms with Crippen LogP contribution in [0.1, 0.15) is 12.8 Å². The molecule has 1 amide bonds. The standard InChI is InChI=1S/C13H15ClN4O3.C3H4F2/c1-18-12(10(14)7-16-18)9-6-8(17-13(19)20)2-3-11(9)21-5-4-15;4-3(5)1-2-3/h2-3,6-7,17H,4-5,15H2,1H3,(H,19,20);1-2H2. The third kappa shape index (κ3) is 5.57. The second-order valence-electron chi connectivity index (χ2n) is 5.60. The van der Waals surface area contributed by atoms with Crippen LogP contribution >= 0.6 is 11.6 Å². The van der Waals surface area contributed by atoms with E-state index < -0.39 is 12.0 Å². The summed E-state index contributed by atoms with van der Waals surface area (Å²) < 4.78 is 29.4. The lowest BCUT2D eigenvalue weighted by Gasteiger charge is -2.13. The number of carboxylic acid groups (broad SMARTS) is 1. The molecule has 1 aromatic carbocycles. The first-order chi connectivity index (χ1) is 12.2. The first-order valence-corrected chi connectivity index (χ1v) is 8.14. The first-order valence-electron chi connectivity index (χ1n) is 7.76. The Bertz CT molecular complexity index is 757. The number of hydrogen-bond acceptors (Lipinski definition) is 4. The number of alkyl halides is 2. The summed E-state index contributed by atoms with van der Waals surface area (Å²) in [5.41, 5.74) is 7.13. The van der Waals surface area contributed by atoms with Crippen molar-refractivity contribution in [1.82, 2.24) is 9.78 Å². The minimum atomic E-state index is -2.25. The Morgan fingerprint density at radius 2 is 2.15 bits per heavy atom. The van der Waals surface area contributed by atoms with E-state index in [4.69, 9.17) is 27.2 Å². The van der Waals surface area contributed by atoms with Gasteiger partial charge in [-0.25, -0.2) is 13.6 Å². The summed E-state index contributed by atoms with van der Waals surface area (Å²) >= 11 is 6.14. The Morgan fingerprint density at radius 3 is 2.62 bits per heavy atom. The van der Waals surface area contributed by atoms with Gasteiger partial charge in [0.2, 0.25) is 5.92 Å². The van der Waals surface area contributed by atoms with Gasteiger partial charge in [-0.15, -0.1) is 0 Å². The summed E-state index contributed by atoms with van der Waals surface area (Å²) in [6.45, 7) is 0.710. The maximum Gasteiger partial charge on any atom is 0.409 e. The average Bonchev–Trinajstić information content (AvgIpc) is 3.16. The van der Waals surface area contributed by atoms with Crippen LogP contribution < -0.4 is 15.8 Å². The Labute approximate surface area is 153 Å². The highest BCUT2D eigenvalue weighted by Crippen LogP contribution is 2.40. The van der Waals surface area contributed by atoms with E-state index in [9.17, 15) is 13.6 Å². The van der Waals surface area contributed by atoms with Crippen molar-refractivity contribution in [3.05, 3.63) is 29.4 Å². The topological polar surface area (TPSA) is 102 Å². The lowest BCUT2D eigenvalue weighted by Crippen LogP contribution is -2.12. The van der Waals surface area contributed by atoms with Gasteiger partial charge in [-0.2, -0.15) is 5.10 Å². The molecule has 4 N–H and O–H groups in total. The van der Waals surface area contributed by atoms with Crippen molar-refractivity contribution in [3.63, 3.8) is 0 Å². The molecule has 0 unspecified atom stereocenters. The molecule has 26 heavy (non-hydrogen) atoms. The molecule has 1 heterocycles. The van der Waals surface area contributed by atoms with Crippen molar-refractivity contribution in [1.29, 1.82) is 0 Å². The molecule has 1 aliphatic carbocycles. The fraction of sp³-hybridized carbons (Fsp3) is 0.375. The van der Waals surface area contributed by atoms with Gasteiger partial charge in [0, 0.05) is 37.7 Å². The molecule has 1 fully saturated rings. The maximum atomic E-state index is 11.1. The van der Waals surface area contributed by atoms with Gasteiger partial charge in [0.15, 0.2) is 0 Å². The SMILES string of the molecule is Cn1ncc(Cl)c1-c1cc(NC(=O)O)ccc1OCCN.FC1(F)CC1. The number of halogens is 3. The summed E-state index contributed by atoms with van der Waals surface area (Å²) in [5.74, 6) is -1.69. The van der Waals surface area contributed by atoms with Crippen LogP contribution in [0.3, 0.4) is 0 Å². The van der Waals surface area contributed by atoms with Crippen molar-refractivity contribution in [2.24, 2.45) is 12.8 Å². The second kappa shape index (κ2) is 8.33. The zero-order valence-electron chi connectivity index (χ0n) is 14.0. The van der Waals surface area contributed by atoms with E-state index in [-0.39, 0.29) is 12.8 Å². The molecule has 0 bridgehead atoms. The Balaban J connectivity index is 0.000000417. The summed E-state index contributed by atoms with van der Waals surface area (Å²) in [7, 11) is 1.74. The fourth-order valence-electron chi connectivity index (χ4n) is 2.02. The summed E-state index contributed by atoms with van der Waals surface area (Å²) in [6, 6.07) is 4.91. The molecule has 1 aliphatic rings. The van der Waals surface area contributed by atoms with E-state index in [1.54, 1.807) is 29.9 Å². The second-order valence-corrected chi connectivity index (χ2v) is 6.01. The van der Waals surface area contributed by atoms with E-state index in [0.717, 1.165) is 0 Å². The highest BCUT2D eigenvalue weighted by Gasteiger charge is 2.43. The zero-order chi connectivity index (χ0) is 19.3. The van der Waals surface area contributed by atoms with Crippen molar-refractivity contribution in [3.8, 4) is 17.0 Å². The molecular formula is C16H19ClF2N4O3. The summed E-state index contributed by atoms with van der Waals surface area (Å²) in [6.07, 6.45) is 0.605. The summed E-state index contributed by atoms with van der Waals surface area (Å²) in [5, 5.41) is 15.6. The van der Waals surface area contributed by atoms with Crippen LogP contribution in [0.15, 0.2) is 24.4 Å². The average molecular weight is 389 g/mol. The predicted octanol–water partition coefficient (Wildman–Crippen LogP) is 3.58. The van der Waals surface area contributed by atoms with Gasteiger partial charge in [0.25, 0.3) is 0 Å². The van der Waals surface area contributed by atoms with E-state index in [1.165, 1.54) is 6.20 Å². The molecule has 0 radical (unpaired) electrons. The predicted molar refractivity (Wildman–Crippen MR) is 94.0 cm³/mol. The highest BCUT2D eigenvalue weighted by atomic mass is 35.5. The zero-order valence-corrected chi connectivity index (χ0v) is 14.8. The number of amides is 1. The van der Waals surface area contributed by atoms with Crippen LogP contribution in [0.2, 0.25) is 5.02 Å².